The summed E-state index contributed by atoms with van der Waals surface area (Å²) in [6, 6.07) is -0.973. The van der Waals surface area contributed by atoms with Crippen molar-refractivity contribution in [3.63, 3.8) is 0 Å². The Morgan fingerprint density at radius 3 is 2.33 bits per heavy atom. The van der Waals surface area contributed by atoms with Crippen molar-refractivity contribution < 1.29 is 14.4 Å². The molecule has 0 aromatic carbocycles. The number of amides is 3. The molecular weight excluding hydrogens is 236 g/mol. The number of likely N-dealkylation sites (tertiary alicyclic amines) is 1. The van der Waals surface area contributed by atoms with Gasteiger partial charge in [-0.15, -0.1) is 0 Å². The zero-order valence-electron chi connectivity index (χ0n) is 10.6. The van der Waals surface area contributed by atoms with E-state index >= 15 is 0 Å². The molecule has 1 saturated heterocycles. The zero-order valence-corrected chi connectivity index (χ0v) is 10.6. The number of carbonyl (C=O) groups is 3. The Morgan fingerprint density at radius 2 is 1.83 bits per heavy atom. The SMILES string of the molecule is CN(CC(=O)N1CCCC1)C(=O)C(N)CC(N)=O. The molecule has 0 aromatic rings. The summed E-state index contributed by atoms with van der Waals surface area (Å²) < 4.78 is 0. The minimum Gasteiger partial charge on any atom is -0.370 e. The maximum atomic E-state index is 11.8. The fourth-order valence-corrected chi connectivity index (χ4v) is 1.93. The summed E-state index contributed by atoms with van der Waals surface area (Å²) >= 11 is 0. The molecule has 1 fully saturated rings. The highest BCUT2D eigenvalue weighted by Gasteiger charge is 2.24. The van der Waals surface area contributed by atoms with Gasteiger partial charge in [-0.2, -0.15) is 0 Å². The van der Waals surface area contributed by atoms with Gasteiger partial charge in [0.15, 0.2) is 0 Å². The van der Waals surface area contributed by atoms with Crippen molar-refractivity contribution in [1.29, 1.82) is 0 Å². The van der Waals surface area contributed by atoms with Crippen molar-refractivity contribution in [1.82, 2.24) is 9.80 Å². The topological polar surface area (TPSA) is 110 Å². The van der Waals surface area contributed by atoms with Gasteiger partial charge in [0, 0.05) is 20.1 Å². The third-order valence-electron chi connectivity index (χ3n) is 2.95. The normalized spacial score (nSPS) is 16.4. The minimum atomic E-state index is -0.973. The van der Waals surface area contributed by atoms with Crippen LogP contribution in [0, 0.1) is 0 Å². The smallest absolute Gasteiger partial charge is 0.242 e. The maximum Gasteiger partial charge on any atom is 0.242 e. The van der Waals surface area contributed by atoms with Crippen LogP contribution in [0.15, 0.2) is 0 Å². The van der Waals surface area contributed by atoms with Gasteiger partial charge in [-0.1, -0.05) is 0 Å². The zero-order chi connectivity index (χ0) is 13.7. The molecule has 0 aromatic heterocycles. The van der Waals surface area contributed by atoms with E-state index in [0.29, 0.717) is 0 Å². The Labute approximate surface area is 106 Å². The van der Waals surface area contributed by atoms with Crippen LogP contribution in [0.25, 0.3) is 0 Å². The minimum absolute atomic E-state index is 0.00864. The molecule has 0 saturated carbocycles. The van der Waals surface area contributed by atoms with Gasteiger partial charge in [-0.05, 0) is 12.8 Å². The average molecular weight is 256 g/mol. The van der Waals surface area contributed by atoms with E-state index in [-0.39, 0.29) is 18.9 Å². The van der Waals surface area contributed by atoms with Gasteiger partial charge in [-0.25, -0.2) is 0 Å². The third kappa shape index (κ3) is 3.99. The van der Waals surface area contributed by atoms with Crippen LogP contribution in [0.3, 0.4) is 0 Å². The highest BCUT2D eigenvalue weighted by Crippen LogP contribution is 2.08. The van der Waals surface area contributed by atoms with Crippen LogP contribution in [-0.2, 0) is 14.4 Å². The molecule has 18 heavy (non-hydrogen) atoms. The molecule has 3 amide bonds. The van der Waals surface area contributed by atoms with E-state index < -0.39 is 17.9 Å². The summed E-state index contributed by atoms with van der Waals surface area (Å²) in [6.07, 6.45) is 1.80. The number of hydrogen-bond donors (Lipinski definition) is 2. The van der Waals surface area contributed by atoms with Crippen molar-refractivity contribution in [3.05, 3.63) is 0 Å². The molecule has 1 rings (SSSR count). The first kappa shape index (κ1) is 14.4. The van der Waals surface area contributed by atoms with E-state index in [0.717, 1.165) is 25.9 Å². The highest BCUT2D eigenvalue weighted by molar-refractivity contribution is 5.90. The molecule has 4 N–H and O–H groups in total. The second-order valence-corrected chi connectivity index (χ2v) is 4.56. The lowest BCUT2D eigenvalue weighted by molar-refractivity contribution is -0.140. The van der Waals surface area contributed by atoms with E-state index in [9.17, 15) is 14.4 Å². The largest absolute Gasteiger partial charge is 0.370 e. The van der Waals surface area contributed by atoms with E-state index in [1.807, 2.05) is 0 Å². The predicted octanol–water partition coefficient (Wildman–Crippen LogP) is -1.73. The van der Waals surface area contributed by atoms with Gasteiger partial charge in [0.05, 0.1) is 19.0 Å². The van der Waals surface area contributed by atoms with Crippen molar-refractivity contribution in [2.24, 2.45) is 11.5 Å². The summed E-state index contributed by atoms with van der Waals surface area (Å²) in [5.74, 6) is -1.16. The fourth-order valence-electron chi connectivity index (χ4n) is 1.93. The molecule has 7 heteroatoms. The number of hydrogen-bond acceptors (Lipinski definition) is 4. The maximum absolute atomic E-state index is 11.8. The molecule has 102 valence electrons. The Bertz CT molecular complexity index is 339. The van der Waals surface area contributed by atoms with E-state index in [1.165, 1.54) is 11.9 Å². The number of rotatable bonds is 5. The summed E-state index contributed by atoms with van der Waals surface area (Å²) in [5, 5.41) is 0. The van der Waals surface area contributed by atoms with Gasteiger partial charge in [0.1, 0.15) is 0 Å². The highest BCUT2D eigenvalue weighted by atomic mass is 16.2. The first-order valence-corrected chi connectivity index (χ1v) is 5.98. The molecule has 1 heterocycles. The monoisotopic (exact) mass is 256 g/mol. The molecule has 1 atom stereocenters. The van der Waals surface area contributed by atoms with Crippen molar-refractivity contribution in [2.45, 2.75) is 25.3 Å². The van der Waals surface area contributed by atoms with E-state index in [2.05, 4.69) is 0 Å². The third-order valence-corrected chi connectivity index (χ3v) is 2.95. The summed E-state index contributed by atoms with van der Waals surface area (Å²) in [5.41, 5.74) is 10.5. The van der Waals surface area contributed by atoms with Crippen LogP contribution in [-0.4, -0.2) is 60.2 Å². The van der Waals surface area contributed by atoms with Gasteiger partial charge in [0.2, 0.25) is 17.7 Å². The molecule has 0 radical (unpaired) electrons. The lowest BCUT2D eigenvalue weighted by Crippen LogP contribution is -2.47. The number of primary amides is 1. The van der Waals surface area contributed by atoms with Crippen LogP contribution in [0.5, 0.6) is 0 Å². The van der Waals surface area contributed by atoms with Crippen LogP contribution in [0.4, 0.5) is 0 Å². The number of carbonyl (C=O) groups excluding carboxylic acids is 3. The molecule has 1 unspecified atom stereocenters. The standard InChI is InChI=1S/C11H20N4O3/c1-14(11(18)8(12)6-9(13)16)7-10(17)15-4-2-3-5-15/h8H,2-7,12H2,1H3,(H2,13,16). The number of nitrogens with two attached hydrogens (primary N) is 2. The second kappa shape index (κ2) is 6.34. The number of likely N-dealkylation sites (N-methyl/N-ethyl adjacent to an activating group) is 1. The van der Waals surface area contributed by atoms with Crippen molar-refractivity contribution in [3.8, 4) is 0 Å². The summed E-state index contributed by atoms with van der Waals surface area (Å²) in [4.78, 5) is 37.2. The van der Waals surface area contributed by atoms with Gasteiger partial charge < -0.3 is 21.3 Å². The summed E-state index contributed by atoms with van der Waals surface area (Å²) in [6.45, 7) is 1.48. The molecule has 0 bridgehead atoms. The summed E-state index contributed by atoms with van der Waals surface area (Å²) in [7, 11) is 1.50. The van der Waals surface area contributed by atoms with Gasteiger partial charge >= 0.3 is 0 Å². The lowest BCUT2D eigenvalue weighted by Gasteiger charge is -2.23. The van der Waals surface area contributed by atoms with Crippen molar-refractivity contribution >= 4 is 17.7 Å². The lowest BCUT2D eigenvalue weighted by atomic mass is 10.2. The Hall–Kier alpha value is -1.63. The Balaban J connectivity index is 2.43. The van der Waals surface area contributed by atoms with Crippen molar-refractivity contribution in [2.75, 3.05) is 26.7 Å². The number of nitrogens with zero attached hydrogens (tertiary/aromatic N) is 2. The molecular formula is C11H20N4O3. The van der Waals surface area contributed by atoms with Crippen LogP contribution < -0.4 is 11.5 Å². The van der Waals surface area contributed by atoms with Gasteiger partial charge in [-0.3, -0.25) is 14.4 Å². The van der Waals surface area contributed by atoms with Crippen LogP contribution >= 0.6 is 0 Å². The first-order chi connectivity index (χ1) is 8.41. The molecule has 1 aliphatic rings. The Kier molecular flexibility index (Phi) is 5.08. The van der Waals surface area contributed by atoms with E-state index in [1.54, 1.807) is 4.90 Å². The fraction of sp³-hybridized carbons (Fsp3) is 0.727. The first-order valence-electron chi connectivity index (χ1n) is 5.98. The molecule has 0 aliphatic carbocycles. The molecule has 0 spiro atoms. The van der Waals surface area contributed by atoms with Gasteiger partial charge in [0.25, 0.3) is 0 Å². The van der Waals surface area contributed by atoms with Crippen LogP contribution in [0.2, 0.25) is 0 Å². The average Bonchev–Trinajstić information content (AvgIpc) is 2.80. The van der Waals surface area contributed by atoms with Crippen LogP contribution in [0.1, 0.15) is 19.3 Å². The predicted molar refractivity (Wildman–Crippen MR) is 65.2 cm³/mol. The molecule has 1 aliphatic heterocycles. The quantitative estimate of drug-likeness (QED) is 0.609. The Morgan fingerprint density at radius 1 is 1.28 bits per heavy atom. The second-order valence-electron chi connectivity index (χ2n) is 4.56. The van der Waals surface area contributed by atoms with E-state index in [4.69, 9.17) is 11.5 Å². The molecule has 7 nitrogen and oxygen atoms in total.